The summed E-state index contributed by atoms with van der Waals surface area (Å²) in [4.78, 5) is 30.6. The van der Waals surface area contributed by atoms with Crippen molar-refractivity contribution in [1.29, 1.82) is 0 Å². The van der Waals surface area contributed by atoms with Crippen LogP contribution < -0.4 is 4.74 Å². The van der Waals surface area contributed by atoms with Crippen LogP contribution in [-0.2, 0) is 4.79 Å². The molecule has 0 spiro atoms. The van der Waals surface area contributed by atoms with Gasteiger partial charge in [-0.2, -0.15) is 0 Å². The Morgan fingerprint density at radius 2 is 2.08 bits per heavy atom. The van der Waals surface area contributed by atoms with Crippen molar-refractivity contribution in [2.75, 3.05) is 13.7 Å². The third-order valence-electron chi connectivity index (χ3n) is 4.86. The molecular weight excluding hydrogens is 320 g/mol. The van der Waals surface area contributed by atoms with Crippen LogP contribution >= 0.6 is 0 Å². The molecule has 1 N–H and O–H groups in total. The first-order chi connectivity index (χ1) is 11.9. The average Bonchev–Trinajstić information content (AvgIpc) is 2.59. The molecule has 0 bridgehead atoms. The molecule has 0 saturated carbocycles. The minimum Gasteiger partial charge on any atom is -0.497 e. The Morgan fingerprint density at radius 3 is 2.76 bits per heavy atom. The molecule has 2 heterocycles. The Hall–Kier alpha value is -2.63. The van der Waals surface area contributed by atoms with E-state index in [9.17, 15) is 14.7 Å². The van der Waals surface area contributed by atoms with Crippen molar-refractivity contribution < 1.29 is 19.4 Å². The summed E-state index contributed by atoms with van der Waals surface area (Å²) in [5, 5.41) is 10.3. The second-order valence-electron chi connectivity index (χ2n) is 6.66. The smallest absolute Gasteiger partial charge is 0.326 e. The van der Waals surface area contributed by atoms with Crippen LogP contribution in [0, 0.1) is 12.8 Å². The fourth-order valence-corrected chi connectivity index (χ4v) is 3.36. The number of benzene rings is 1. The lowest BCUT2D eigenvalue weighted by Gasteiger charge is -2.36. The molecule has 1 aliphatic rings. The summed E-state index contributed by atoms with van der Waals surface area (Å²) < 4.78 is 5.21. The van der Waals surface area contributed by atoms with E-state index < -0.39 is 12.0 Å². The number of hydrogen-bond acceptors (Lipinski definition) is 4. The number of nitrogens with zero attached hydrogens (tertiary/aromatic N) is 2. The van der Waals surface area contributed by atoms with Gasteiger partial charge in [0.15, 0.2) is 0 Å². The molecule has 1 aromatic heterocycles. The molecule has 1 amide bonds. The Morgan fingerprint density at radius 1 is 1.32 bits per heavy atom. The van der Waals surface area contributed by atoms with Crippen LogP contribution in [0.4, 0.5) is 0 Å². The summed E-state index contributed by atoms with van der Waals surface area (Å²) in [5.41, 5.74) is 1.79. The normalized spacial score (nSPS) is 20.5. The van der Waals surface area contributed by atoms with E-state index in [-0.39, 0.29) is 5.91 Å². The molecule has 6 heteroatoms. The van der Waals surface area contributed by atoms with Crippen molar-refractivity contribution in [2.45, 2.75) is 32.7 Å². The highest BCUT2D eigenvalue weighted by atomic mass is 16.5. The number of carbonyl (C=O) groups excluding carboxylic acids is 1. The van der Waals surface area contributed by atoms with Gasteiger partial charge >= 0.3 is 5.97 Å². The number of likely N-dealkylation sites (tertiary alicyclic amines) is 1. The molecule has 2 unspecified atom stereocenters. The lowest BCUT2D eigenvalue weighted by Crippen LogP contribution is -2.50. The van der Waals surface area contributed by atoms with Crippen molar-refractivity contribution in [1.82, 2.24) is 9.88 Å². The van der Waals surface area contributed by atoms with Crippen LogP contribution in [0.2, 0.25) is 0 Å². The predicted octanol–water partition coefficient (Wildman–Crippen LogP) is 2.88. The first kappa shape index (κ1) is 17.2. The monoisotopic (exact) mass is 342 g/mol. The summed E-state index contributed by atoms with van der Waals surface area (Å²) in [7, 11) is 1.59. The molecule has 0 radical (unpaired) electrons. The number of aromatic nitrogens is 1. The molecule has 0 aliphatic carbocycles. The first-order valence-electron chi connectivity index (χ1n) is 8.40. The molecule has 1 aromatic carbocycles. The highest BCUT2D eigenvalue weighted by molar-refractivity contribution is 6.00. The van der Waals surface area contributed by atoms with Crippen molar-refractivity contribution >= 4 is 22.8 Å². The van der Waals surface area contributed by atoms with E-state index in [0.29, 0.717) is 35.9 Å². The number of aliphatic carboxylic acids is 1. The number of methoxy groups -OCH3 is 1. The van der Waals surface area contributed by atoms with Gasteiger partial charge in [-0.1, -0.05) is 6.92 Å². The third-order valence-corrected chi connectivity index (χ3v) is 4.86. The Bertz CT molecular complexity index is 834. The van der Waals surface area contributed by atoms with Gasteiger partial charge in [0.1, 0.15) is 11.8 Å². The first-order valence-corrected chi connectivity index (χ1v) is 8.40. The fourth-order valence-electron chi connectivity index (χ4n) is 3.36. The number of carboxylic acids is 1. The van der Waals surface area contributed by atoms with E-state index in [2.05, 4.69) is 4.98 Å². The third kappa shape index (κ3) is 3.29. The number of piperidine rings is 1. The summed E-state index contributed by atoms with van der Waals surface area (Å²) >= 11 is 0. The maximum absolute atomic E-state index is 13.0. The zero-order valence-electron chi connectivity index (χ0n) is 14.7. The topological polar surface area (TPSA) is 79.7 Å². The maximum Gasteiger partial charge on any atom is 0.326 e. The number of aryl methyl sites for hydroxylation is 1. The number of hydrogen-bond donors (Lipinski definition) is 1. The molecule has 25 heavy (non-hydrogen) atoms. The van der Waals surface area contributed by atoms with E-state index in [4.69, 9.17) is 4.74 Å². The molecule has 1 aliphatic heterocycles. The van der Waals surface area contributed by atoms with Crippen LogP contribution in [0.1, 0.15) is 35.8 Å². The highest BCUT2D eigenvalue weighted by Crippen LogP contribution is 2.27. The number of pyridine rings is 1. The molecule has 1 fully saturated rings. The minimum atomic E-state index is -0.948. The summed E-state index contributed by atoms with van der Waals surface area (Å²) in [5.74, 6) is -0.207. The van der Waals surface area contributed by atoms with E-state index in [0.717, 1.165) is 17.3 Å². The van der Waals surface area contributed by atoms with Gasteiger partial charge in [-0.3, -0.25) is 9.78 Å². The number of ether oxygens (including phenoxy) is 1. The SMILES string of the molecule is COc1ccc2cc(C(=O)N3CCC(C)CC3C(=O)O)c(C)nc2c1. The molecule has 6 nitrogen and oxygen atoms in total. The largest absolute Gasteiger partial charge is 0.497 e. The van der Waals surface area contributed by atoms with Crippen LogP contribution in [0.5, 0.6) is 5.75 Å². The Kier molecular flexibility index (Phi) is 4.61. The van der Waals surface area contributed by atoms with Crippen LogP contribution in [0.15, 0.2) is 24.3 Å². The lowest BCUT2D eigenvalue weighted by molar-refractivity contribution is -0.144. The zero-order chi connectivity index (χ0) is 18.1. The summed E-state index contributed by atoms with van der Waals surface area (Å²) in [6, 6.07) is 6.50. The molecule has 3 rings (SSSR count). The minimum absolute atomic E-state index is 0.262. The number of amides is 1. The van der Waals surface area contributed by atoms with Gasteiger partial charge in [0.2, 0.25) is 0 Å². The second-order valence-corrected chi connectivity index (χ2v) is 6.66. The van der Waals surface area contributed by atoms with Gasteiger partial charge in [0.05, 0.1) is 23.9 Å². The molecule has 2 aromatic rings. The maximum atomic E-state index is 13.0. The molecule has 1 saturated heterocycles. The van der Waals surface area contributed by atoms with Crippen molar-refractivity contribution in [3.05, 3.63) is 35.5 Å². The van der Waals surface area contributed by atoms with E-state index in [1.807, 2.05) is 25.1 Å². The molecule has 2 atom stereocenters. The van der Waals surface area contributed by atoms with E-state index >= 15 is 0 Å². The van der Waals surface area contributed by atoms with Crippen molar-refractivity contribution in [3.8, 4) is 5.75 Å². The van der Waals surface area contributed by atoms with Gasteiger partial charge in [0, 0.05) is 18.0 Å². The number of rotatable bonds is 3. The summed E-state index contributed by atoms with van der Waals surface area (Å²) in [6.45, 7) is 4.25. The van der Waals surface area contributed by atoms with Crippen molar-refractivity contribution in [3.63, 3.8) is 0 Å². The number of fused-ring (bicyclic) bond motifs is 1. The van der Waals surface area contributed by atoms with E-state index in [1.165, 1.54) is 4.90 Å². The standard InChI is InChI=1S/C19H22N2O4/c1-11-6-7-21(17(8-11)19(23)24)18(22)15-9-13-4-5-14(25-3)10-16(13)20-12(15)2/h4-5,9-11,17H,6-8H2,1-3H3,(H,23,24). The Labute approximate surface area is 146 Å². The fraction of sp³-hybridized carbons (Fsp3) is 0.421. The quantitative estimate of drug-likeness (QED) is 0.928. The van der Waals surface area contributed by atoms with E-state index in [1.54, 1.807) is 20.1 Å². The predicted molar refractivity (Wildman–Crippen MR) is 93.9 cm³/mol. The van der Waals surface area contributed by atoms with Gasteiger partial charge in [-0.15, -0.1) is 0 Å². The van der Waals surface area contributed by atoms with Gasteiger partial charge in [-0.25, -0.2) is 4.79 Å². The molecule has 132 valence electrons. The second kappa shape index (κ2) is 6.70. The van der Waals surface area contributed by atoms with Crippen LogP contribution in [-0.4, -0.2) is 46.6 Å². The van der Waals surface area contributed by atoms with Gasteiger partial charge < -0.3 is 14.7 Å². The highest BCUT2D eigenvalue weighted by Gasteiger charge is 2.35. The molecular formula is C19H22N2O4. The number of carboxylic acid groups (broad SMARTS) is 1. The lowest BCUT2D eigenvalue weighted by atomic mass is 9.91. The summed E-state index contributed by atoms with van der Waals surface area (Å²) in [6.07, 6.45) is 1.30. The van der Waals surface area contributed by atoms with Crippen molar-refractivity contribution in [2.24, 2.45) is 5.92 Å². The van der Waals surface area contributed by atoms with Crippen LogP contribution in [0.3, 0.4) is 0 Å². The van der Waals surface area contributed by atoms with Crippen LogP contribution in [0.25, 0.3) is 10.9 Å². The average molecular weight is 342 g/mol. The Balaban J connectivity index is 1.98. The van der Waals surface area contributed by atoms with Gasteiger partial charge in [-0.05, 0) is 43.9 Å². The zero-order valence-corrected chi connectivity index (χ0v) is 14.7. The van der Waals surface area contributed by atoms with Gasteiger partial charge in [0.25, 0.3) is 5.91 Å². The number of carbonyl (C=O) groups is 2.